The van der Waals surface area contributed by atoms with Gasteiger partial charge in [-0.1, -0.05) is 0 Å². The minimum atomic E-state index is -0.292. The summed E-state index contributed by atoms with van der Waals surface area (Å²) in [6.07, 6.45) is 3.53. The van der Waals surface area contributed by atoms with Crippen LogP contribution < -0.4 is 20.1 Å². The Morgan fingerprint density at radius 1 is 1.00 bits per heavy atom. The first-order chi connectivity index (χ1) is 12.1. The van der Waals surface area contributed by atoms with Gasteiger partial charge in [0.15, 0.2) is 0 Å². The van der Waals surface area contributed by atoms with Crippen LogP contribution in [0.1, 0.15) is 22.3 Å². The second-order valence-corrected chi connectivity index (χ2v) is 5.24. The highest BCUT2D eigenvalue weighted by Gasteiger charge is 2.10. The van der Waals surface area contributed by atoms with Crippen LogP contribution in [-0.4, -0.2) is 37.6 Å². The highest BCUT2D eigenvalue weighted by molar-refractivity contribution is 5.95. The molecule has 0 aliphatic rings. The summed E-state index contributed by atoms with van der Waals surface area (Å²) in [7, 11) is 3.03. The predicted molar refractivity (Wildman–Crippen MR) is 92.6 cm³/mol. The van der Waals surface area contributed by atoms with Gasteiger partial charge in [0.2, 0.25) is 5.91 Å². The summed E-state index contributed by atoms with van der Waals surface area (Å²) in [6, 6.07) is 8.57. The minimum absolute atomic E-state index is 0.139. The Bertz CT molecular complexity index is 697. The van der Waals surface area contributed by atoms with Gasteiger partial charge in [-0.05, 0) is 29.8 Å². The van der Waals surface area contributed by atoms with Crippen molar-refractivity contribution >= 4 is 11.8 Å². The molecule has 25 heavy (non-hydrogen) atoms. The van der Waals surface area contributed by atoms with E-state index in [1.54, 1.807) is 30.6 Å². The largest absolute Gasteiger partial charge is 0.497 e. The molecular weight excluding hydrogens is 322 g/mol. The van der Waals surface area contributed by atoms with Crippen LogP contribution in [0, 0.1) is 0 Å². The molecule has 0 aliphatic carbocycles. The maximum Gasteiger partial charge on any atom is 0.251 e. The number of nitrogens with one attached hydrogen (secondary N) is 2. The third-order valence-electron chi connectivity index (χ3n) is 3.49. The molecule has 132 valence electrons. The van der Waals surface area contributed by atoms with Gasteiger partial charge in [-0.3, -0.25) is 14.6 Å². The van der Waals surface area contributed by atoms with Gasteiger partial charge < -0.3 is 20.1 Å². The molecule has 0 bridgehead atoms. The molecule has 0 aliphatic heterocycles. The van der Waals surface area contributed by atoms with Gasteiger partial charge in [-0.2, -0.15) is 0 Å². The number of pyridine rings is 1. The molecule has 1 aromatic carbocycles. The SMILES string of the molecule is COc1cc(OC)cc(C(=O)NCCC(=O)NCc2ccncc2)c1. The normalized spacial score (nSPS) is 10.0. The fourth-order valence-corrected chi connectivity index (χ4v) is 2.12. The van der Waals surface area contributed by atoms with Crippen molar-refractivity contribution in [3.8, 4) is 11.5 Å². The molecule has 2 rings (SSSR count). The van der Waals surface area contributed by atoms with Gasteiger partial charge in [0, 0.05) is 43.5 Å². The molecule has 1 aromatic heterocycles. The number of hydrogen-bond donors (Lipinski definition) is 2. The van der Waals surface area contributed by atoms with E-state index in [4.69, 9.17) is 9.47 Å². The Labute approximate surface area is 146 Å². The van der Waals surface area contributed by atoms with Crippen molar-refractivity contribution in [2.24, 2.45) is 0 Å². The van der Waals surface area contributed by atoms with E-state index in [1.807, 2.05) is 12.1 Å². The molecule has 0 fully saturated rings. The van der Waals surface area contributed by atoms with E-state index >= 15 is 0 Å². The molecule has 2 N–H and O–H groups in total. The van der Waals surface area contributed by atoms with E-state index in [0.29, 0.717) is 23.6 Å². The number of methoxy groups -OCH3 is 2. The molecule has 0 saturated carbocycles. The molecule has 0 atom stereocenters. The van der Waals surface area contributed by atoms with Gasteiger partial charge >= 0.3 is 0 Å². The second-order valence-electron chi connectivity index (χ2n) is 5.24. The van der Waals surface area contributed by atoms with Crippen molar-refractivity contribution in [3.05, 3.63) is 53.9 Å². The molecule has 0 radical (unpaired) electrons. The van der Waals surface area contributed by atoms with Gasteiger partial charge in [-0.25, -0.2) is 0 Å². The number of benzene rings is 1. The van der Waals surface area contributed by atoms with Crippen LogP contribution in [0.3, 0.4) is 0 Å². The Morgan fingerprint density at radius 3 is 2.24 bits per heavy atom. The zero-order chi connectivity index (χ0) is 18.1. The Morgan fingerprint density at radius 2 is 1.64 bits per heavy atom. The fourth-order valence-electron chi connectivity index (χ4n) is 2.12. The highest BCUT2D eigenvalue weighted by Crippen LogP contribution is 2.22. The second kappa shape index (κ2) is 9.27. The van der Waals surface area contributed by atoms with E-state index < -0.39 is 0 Å². The fraction of sp³-hybridized carbons (Fsp3) is 0.278. The zero-order valence-corrected chi connectivity index (χ0v) is 14.2. The lowest BCUT2D eigenvalue weighted by atomic mass is 10.2. The number of rotatable bonds is 8. The van der Waals surface area contributed by atoms with Crippen molar-refractivity contribution in [2.45, 2.75) is 13.0 Å². The average molecular weight is 343 g/mol. The van der Waals surface area contributed by atoms with Crippen molar-refractivity contribution in [1.29, 1.82) is 0 Å². The number of ether oxygens (including phenoxy) is 2. The first-order valence-electron chi connectivity index (χ1n) is 7.79. The van der Waals surface area contributed by atoms with Crippen LogP contribution >= 0.6 is 0 Å². The molecule has 7 nitrogen and oxygen atoms in total. The summed E-state index contributed by atoms with van der Waals surface area (Å²) >= 11 is 0. The number of amides is 2. The van der Waals surface area contributed by atoms with Crippen LogP contribution in [-0.2, 0) is 11.3 Å². The summed E-state index contributed by atoms with van der Waals surface area (Å²) in [6.45, 7) is 0.670. The van der Waals surface area contributed by atoms with Crippen molar-refractivity contribution in [2.75, 3.05) is 20.8 Å². The quantitative estimate of drug-likeness (QED) is 0.759. The predicted octanol–water partition coefficient (Wildman–Crippen LogP) is 1.54. The van der Waals surface area contributed by atoms with E-state index in [9.17, 15) is 9.59 Å². The number of aromatic nitrogens is 1. The number of carbonyl (C=O) groups is 2. The molecule has 2 aromatic rings. The van der Waals surface area contributed by atoms with Gasteiger partial charge in [-0.15, -0.1) is 0 Å². The van der Waals surface area contributed by atoms with E-state index in [1.165, 1.54) is 14.2 Å². The van der Waals surface area contributed by atoms with Crippen LogP contribution in [0.15, 0.2) is 42.7 Å². The van der Waals surface area contributed by atoms with Crippen LogP contribution in [0.25, 0.3) is 0 Å². The molecule has 0 saturated heterocycles. The summed E-state index contributed by atoms with van der Waals surface area (Å²) in [5.74, 6) is 0.624. The summed E-state index contributed by atoms with van der Waals surface area (Å²) < 4.78 is 10.3. The number of nitrogens with zero attached hydrogens (tertiary/aromatic N) is 1. The molecule has 1 heterocycles. The van der Waals surface area contributed by atoms with E-state index in [2.05, 4.69) is 15.6 Å². The summed E-state index contributed by atoms with van der Waals surface area (Å²) in [4.78, 5) is 27.9. The average Bonchev–Trinajstić information content (AvgIpc) is 2.66. The smallest absolute Gasteiger partial charge is 0.251 e. The Kier molecular flexibility index (Phi) is 6.76. The maximum atomic E-state index is 12.2. The lowest BCUT2D eigenvalue weighted by Crippen LogP contribution is -2.30. The van der Waals surface area contributed by atoms with Crippen molar-refractivity contribution in [1.82, 2.24) is 15.6 Å². The monoisotopic (exact) mass is 343 g/mol. The van der Waals surface area contributed by atoms with Crippen molar-refractivity contribution < 1.29 is 19.1 Å². The molecule has 0 spiro atoms. The Balaban J connectivity index is 1.79. The number of carbonyl (C=O) groups excluding carboxylic acids is 2. The Hall–Kier alpha value is -3.09. The highest BCUT2D eigenvalue weighted by atomic mass is 16.5. The van der Waals surface area contributed by atoms with Gasteiger partial charge in [0.25, 0.3) is 5.91 Å². The topological polar surface area (TPSA) is 89.5 Å². The molecule has 7 heteroatoms. The van der Waals surface area contributed by atoms with Crippen LogP contribution in [0.5, 0.6) is 11.5 Å². The standard InChI is InChI=1S/C18H21N3O4/c1-24-15-9-14(10-16(11-15)25-2)18(23)20-8-5-17(22)21-12-13-3-6-19-7-4-13/h3-4,6-7,9-11H,5,8,12H2,1-2H3,(H,20,23)(H,21,22). The summed E-state index contributed by atoms with van der Waals surface area (Å²) in [5, 5.41) is 5.50. The zero-order valence-electron chi connectivity index (χ0n) is 14.2. The summed E-state index contributed by atoms with van der Waals surface area (Å²) in [5.41, 5.74) is 1.38. The molecular formula is C18H21N3O4. The van der Waals surface area contributed by atoms with E-state index in [0.717, 1.165) is 5.56 Å². The third kappa shape index (κ3) is 5.80. The minimum Gasteiger partial charge on any atom is -0.497 e. The third-order valence-corrected chi connectivity index (χ3v) is 3.49. The number of hydrogen-bond acceptors (Lipinski definition) is 5. The lowest BCUT2D eigenvalue weighted by Gasteiger charge is -2.09. The first kappa shape index (κ1) is 18.3. The van der Waals surface area contributed by atoms with Gasteiger partial charge in [0.1, 0.15) is 11.5 Å². The first-order valence-corrected chi connectivity index (χ1v) is 7.79. The molecule has 0 unspecified atom stereocenters. The van der Waals surface area contributed by atoms with Crippen LogP contribution in [0.4, 0.5) is 0 Å². The van der Waals surface area contributed by atoms with E-state index in [-0.39, 0.29) is 24.8 Å². The van der Waals surface area contributed by atoms with Gasteiger partial charge in [0.05, 0.1) is 14.2 Å². The maximum absolute atomic E-state index is 12.2. The van der Waals surface area contributed by atoms with Crippen LogP contribution in [0.2, 0.25) is 0 Å². The van der Waals surface area contributed by atoms with Crippen molar-refractivity contribution in [3.63, 3.8) is 0 Å². The molecule has 2 amide bonds. The lowest BCUT2D eigenvalue weighted by molar-refractivity contribution is -0.121.